The van der Waals surface area contributed by atoms with E-state index in [4.69, 9.17) is 0 Å². The molecule has 0 unspecified atom stereocenters. The van der Waals surface area contributed by atoms with Gasteiger partial charge in [0, 0.05) is 6.20 Å². The molecule has 0 spiro atoms. The van der Waals surface area contributed by atoms with Crippen LogP contribution < -0.4 is 0 Å². The van der Waals surface area contributed by atoms with Crippen LogP contribution in [0.15, 0.2) is 17.3 Å². The molecule has 0 amide bonds. The second kappa shape index (κ2) is 5.97. The van der Waals surface area contributed by atoms with Crippen molar-refractivity contribution in [3.63, 3.8) is 0 Å². The molecule has 0 radical (unpaired) electrons. The fourth-order valence-corrected chi connectivity index (χ4v) is 0.231. The van der Waals surface area contributed by atoms with Gasteiger partial charge in [0.1, 0.15) is 0 Å². The van der Waals surface area contributed by atoms with E-state index >= 15 is 0 Å². The third-order valence-corrected chi connectivity index (χ3v) is 0.519. The lowest BCUT2D eigenvalue weighted by Gasteiger charge is -1.65. The van der Waals surface area contributed by atoms with Crippen molar-refractivity contribution in [2.24, 2.45) is 4.99 Å². The third kappa shape index (κ3) is 4.97. The van der Waals surface area contributed by atoms with Gasteiger partial charge in [0.2, 0.25) is 0 Å². The maximum absolute atomic E-state index is 3.80. The van der Waals surface area contributed by atoms with Crippen molar-refractivity contribution in [2.75, 3.05) is 0 Å². The molecule has 0 N–H and O–H groups in total. The Labute approximate surface area is 50.1 Å². The molecule has 0 bridgehead atoms. The van der Waals surface area contributed by atoms with E-state index in [-0.39, 0.29) is 0 Å². The summed E-state index contributed by atoms with van der Waals surface area (Å²) in [5, 5.41) is 0. The van der Waals surface area contributed by atoms with Crippen LogP contribution in [0, 0.1) is 11.8 Å². The van der Waals surface area contributed by atoms with Gasteiger partial charge in [-0.2, -0.15) is 0 Å². The lowest BCUT2D eigenvalue weighted by molar-refractivity contribution is 1.55. The highest BCUT2D eigenvalue weighted by Gasteiger charge is 1.53. The molecule has 0 aromatic carbocycles. The van der Waals surface area contributed by atoms with Crippen LogP contribution in [0.4, 0.5) is 0 Å². The number of hydrogen-bond donors (Lipinski definition) is 0. The summed E-state index contributed by atoms with van der Waals surface area (Å²) in [6.45, 7) is 3.69. The molecule has 42 valence electrons. The Morgan fingerprint density at radius 3 is 2.75 bits per heavy atom. The Hall–Kier alpha value is -1.03. The standard InChI is InChI=1S/C7H9N/c1-3-5-7-8-6-4-2/h4,6-7H,1-2H3/b6-4-,8-7?. The second-order valence-corrected chi connectivity index (χ2v) is 1.15. The minimum absolute atomic E-state index is 1.57. The molecule has 0 heterocycles. The first kappa shape index (κ1) is 6.97. The van der Waals surface area contributed by atoms with Crippen LogP contribution in [0.2, 0.25) is 0 Å². The zero-order chi connectivity index (χ0) is 6.24. The summed E-state index contributed by atoms with van der Waals surface area (Å²) in [4.78, 5) is 3.80. The topological polar surface area (TPSA) is 12.4 Å². The number of allylic oxidation sites excluding steroid dienone is 1. The zero-order valence-electron chi connectivity index (χ0n) is 5.18. The molecule has 0 atom stereocenters. The molecule has 0 aliphatic rings. The largest absolute Gasteiger partial charge is 0.256 e. The van der Waals surface area contributed by atoms with Crippen LogP contribution in [0.25, 0.3) is 0 Å². The van der Waals surface area contributed by atoms with Crippen molar-refractivity contribution in [1.82, 2.24) is 0 Å². The molecule has 1 nitrogen and oxygen atoms in total. The maximum atomic E-state index is 3.80. The van der Waals surface area contributed by atoms with Crippen molar-refractivity contribution in [3.8, 4) is 11.8 Å². The number of aliphatic imine (C=N–C) groups is 1. The van der Waals surface area contributed by atoms with E-state index in [2.05, 4.69) is 16.8 Å². The highest BCUT2D eigenvalue weighted by atomic mass is 14.6. The van der Waals surface area contributed by atoms with Gasteiger partial charge in [-0.1, -0.05) is 12.0 Å². The number of rotatable bonds is 1. The first-order valence-corrected chi connectivity index (χ1v) is 2.47. The molecule has 0 saturated carbocycles. The Balaban J connectivity index is 3.45. The monoisotopic (exact) mass is 107 g/mol. The van der Waals surface area contributed by atoms with Crippen LogP contribution >= 0.6 is 0 Å². The summed E-state index contributed by atoms with van der Waals surface area (Å²) in [7, 11) is 0. The van der Waals surface area contributed by atoms with E-state index in [0.29, 0.717) is 0 Å². The summed E-state index contributed by atoms with van der Waals surface area (Å²) in [6.07, 6.45) is 5.12. The molecule has 0 fully saturated rings. The Kier molecular flexibility index (Phi) is 5.20. The first-order chi connectivity index (χ1) is 3.91. The number of hydrogen-bond acceptors (Lipinski definition) is 1. The van der Waals surface area contributed by atoms with E-state index in [0.717, 1.165) is 0 Å². The Morgan fingerprint density at radius 1 is 1.50 bits per heavy atom. The minimum atomic E-state index is 1.57. The summed E-state index contributed by atoms with van der Waals surface area (Å²) in [5.41, 5.74) is 0. The second-order valence-electron chi connectivity index (χ2n) is 1.15. The molecule has 0 aliphatic heterocycles. The molecular weight excluding hydrogens is 98.1 g/mol. The van der Waals surface area contributed by atoms with Gasteiger partial charge in [-0.05, 0) is 13.8 Å². The van der Waals surface area contributed by atoms with Crippen LogP contribution in [0.1, 0.15) is 13.8 Å². The van der Waals surface area contributed by atoms with Crippen LogP contribution in [-0.2, 0) is 0 Å². The van der Waals surface area contributed by atoms with E-state index in [1.165, 1.54) is 0 Å². The normalized spacial score (nSPS) is 9.75. The fraction of sp³-hybridized carbons (Fsp3) is 0.286. The van der Waals surface area contributed by atoms with Gasteiger partial charge in [-0.15, -0.1) is 5.92 Å². The van der Waals surface area contributed by atoms with Crippen LogP contribution in [-0.4, -0.2) is 6.21 Å². The van der Waals surface area contributed by atoms with Gasteiger partial charge in [0.25, 0.3) is 0 Å². The average molecular weight is 107 g/mol. The summed E-state index contributed by atoms with van der Waals surface area (Å²) in [6, 6.07) is 0. The van der Waals surface area contributed by atoms with Crippen LogP contribution in [0.3, 0.4) is 0 Å². The molecular formula is C7H9N. The summed E-state index contributed by atoms with van der Waals surface area (Å²) in [5.74, 6) is 5.38. The highest BCUT2D eigenvalue weighted by Crippen LogP contribution is 1.67. The van der Waals surface area contributed by atoms with Gasteiger partial charge in [0.05, 0.1) is 6.21 Å². The van der Waals surface area contributed by atoms with Crippen molar-refractivity contribution in [2.45, 2.75) is 13.8 Å². The smallest absolute Gasteiger partial charge is 0.0766 e. The lowest BCUT2D eigenvalue weighted by Crippen LogP contribution is -1.58. The molecule has 1 heteroatoms. The Bertz CT molecular complexity index is 144. The van der Waals surface area contributed by atoms with E-state index < -0.39 is 0 Å². The van der Waals surface area contributed by atoms with E-state index in [1.807, 2.05) is 13.0 Å². The quantitative estimate of drug-likeness (QED) is 0.356. The molecule has 0 aromatic rings. The van der Waals surface area contributed by atoms with Crippen molar-refractivity contribution in [1.29, 1.82) is 0 Å². The average Bonchev–Trinajstić information content (AvgIpc) is 1.81. The van der Waals surface area contributed by atoms with Gasteiger partial charge in [-0.3, -0.25) is 4.99 Å². The van der Waals surface area contributed by atoms with Crippen molar-refractivity contribution in [3.05, 3.63) is 12.3 Å². The lowest BCUT2D eigenvalue weighted by atomic mass is 10.6. The Morgan fingerprint density at radius 2 is 2.25 bits per heavy atom. The molecule has 0 aliphatic carbocycles. The zero-order valence-corrected chi connectivity index (χ0v) is 5.18. The van der Waals surface area contributed by atoms with Gasteiger partial charge in [0.15, 0.2) is 0 Å². The minimum Gasteiger partial charge on any atom is -0.256 e. The fourth-order valence-electron chi connectivity index (χ4n) is 0.231. The van der Waals surface area contributed by atoms with E-state index in [1.54, 1.807) is 19.3 Å². The van der Waals surface area contributed by atoms with Crippen molar-refractivity contribution >= 4 is 6.21 Å². The van der Waals surface area contributed by atoms with Crippen LogP contribution in [0.5, 0.6) is 0 Å². The van der Waals surface area contributed by atoms with Gasteiger partial charge in [-0.25, -0.2) is 0 Å². The van der Waals surface area contributed by atoms with E-state index in [9.17, 15) is 0 Å². The molecule has 0 aromatic heterocycles. The van der Waals surface area contributed by atoms with Gasteiger partial charge < -0.3 is 0 Å². The van der Waals surface area contributed by atoms with Crippen molar-refractivity contribution < 1.29 is 0 Å². The predicted octanol–water partition coefficient (Wildman–Crippen LogP) is 1.61. The first-order valence-electron chi connectivity index (χ1n) is 2.47. The molecule has 8 heavy (non-hydrogen) atoms. The summed E-state index contributed by atoms with van der Waals surface area (Å²) < 4.78 is 0. The summed E-state index contributed by atoms with van der Waals surface area (Å²) >= 11 is 0. The van der Waals surface area contributed by atoms with Gasteiger partial charge >= 0.3 is 0 Å². The molecule has 0 saturated heterocycles. The SMILES string of the molecule is CC#CC=N/C=C\C. The number of nitrogens with zero attached hydrogens (tertiary/aromatic N) is 1. The molecule has 0 rings (SSSR count). The maximum Gasteiger partial charge on any atom is 0.0766 e. The third-order valence-electron chi connectivity index (χ3n) is 0.519. The highest BCUT2D eigenvalue weighted by molar-refractivity contribution is 5.78. The predicted molar refractivity (Wildman–Crippen MR) is 36.8 cm³/mol.